The number of carbonyl (C=O) groups is 1. The van der Waals surface area contributed by atoms with Crippen molar-refractivity contribution < 1.29 is 9.90 Å². The monoisotopic (exact) mass is 438 g/mol. The van der Waals surface area contributed by atoms with Gasteiger partial charge in [0.05, 0.1) is 0 Å². The minimum absolute atomic E-state index is 0.184. The fraction of sp³-hybridized carbons (Fsp3) is 0.577. The van der Waals surface area contributed by atoms with Gasteiger partial charge in [-0.05, 0) is 43.2 Å². The Kier molecular flexibility index (Phi) is 6.44. The highest BCUT2D eigenvalue weighted by molar-refractivity contribution is 7.09. The normalized spacial score (nSPS) is 24.0. The van der Waals surface area contributed by atoms with Crippen molar-refractivity contribution >= 4 is 22.9 Å². The van der Waals surface area contributed by atoms with E-state index in [9.17, 15) is 9.90 Å². The summed E-state index contributed by atoms with van der Waals surface area (Å²) in [6.45, 7) is 0. The average Bonchev–Trinajstić information content (AvgIpc) is 3.42. The fourth-order valence-electron chi connectivity index (χ4n) is 6.05. The van der Waals surface area contributed by atoms with E-state index in [0.717, 1.165) is 36.9 Å². The Hall–Kier alpha value is -1.69. The minimum atomic E-state index is -0.643. The van der Waals surface area contributed by atoms with Crippen molar-refractivity contribution in [2.24, 2.45) is 0 Å². The highest BCUT2D eigenvalue weighted by Crippen LogP contribution is 2.45. The molecule has 2 fully saturated rings. The first kappa shape index (κ1) is 21.2. The van der Waals surface area contributed by atoms with Crippen LogP contribution < -0.4 is 4.90 Å². The summed E-state index contributed by atoms with van der Waals surface area (Å²) in [5, 5.41) is 13.6. The zero-order valence-electron chi connectivity index (χ0n) is 18.3. The third-order valence-corrected chi connectivity index (χ3v) is 8.40. The van der Waals surface area contributed by atoms with Gasteiger partial charge in [-0.25, -0.2) is 0 Å². The van der Waals surface area contributed by atoms with Crippen LogP contribution in [0.2, 0.25) is 0 Å². The number of rotatable bonds is 6. The summed E-state index contributed by atoms with van der Waals surface area (Å²) in [5.74, 6) is 0.184. The standard InChI is InChI=1S/C26H34N2O2S/c29-24(18-21-14-9-17-31-21)28(20-12-5-2-6-13-20)25-22-15-7-8-16-23(22)27(26(25)30)19-10-3-1-4-11-19/h7-9,14-17,19-20,24-25,29H,1-6,10-13,18H2. The Morgan fingerprint density at radius 3 is 2.39 bits per heavy atom. The number of para-hydroxylation sites is 1. The van der Waals surface area contributed by atoms with Crippen molar-refractivity contribution in [3.05, 3.63) is 52.2 Å². The van der Waals surface area contributed by atoms with Gasteiger partial charge >= 0.3 is 0 Å². The maximum absolute atomic E-state index is 14.0. The molecule has 1 aliphatic heterocycles. The van der Waals surface area contributed by atoms with Crippen LogP contribution in [-0.4, -0.2) is 34.2 Å². The summed E-state index contributed by atoms with van der Waals surface area (Å²) in [7, 11) is 0. The maximum atomic E-state index is 14.0. The zero-order valence-corrected chi connectivity index (χ0v) is 19.1. The van der Waals surface area contributed by atoms with Gasteiger partial charge in [0, 0.05) is 34.6 Å². The van der Waals surface area contributed by atoms with E-state index in [-0.39, 0.29) is 18.0 Å². The number of thiophene rings is 1. The third kappa shape index (κ3) is 4.20. The van der Waals surface area contributed by atoms with Crippen LogP contribution in [0.4, 0.5) is 5.69 Å². The van der Waals surface area contributed by atoms with Gasteiger partial charge in [-0.15, -0.1) is 11.3 Å². The molecular weight excluding hydrogens is 404 g/mol. The number of anilines is 1. The van der Waals surface area contributed by atoms with Gasteiger partial charge in [0.15, 0.2) is 0 Å². The molecule has 1 amide bonds. The molecule has 3 aliphatic rings. The molecule has 2 saturated carbocycles. The largest absolute Gasteiger partial charge is 0.378 e. The van der Waals surface area contributed by atoms with Crippen molar-refractivity contribution in [1.82, 2.24) is 4.90 Å². The number of carbonyl (C=O) groups excluding carboxylic acids is 1. The molecule has 0 spiro atoms. The summed E-state index contributed by atoms with van der Waals surface area (Å²) in [4.78, 5) is 19.5. The first-order chi connectivity index (χ1) is 15.2. The predicted molar refractivity (Wildman–Crippen MR) is 126 cm³/mol. The SMILES string of the molecule is O=C1C(N(C(O)Cc2cccs2)C2CCCCC2)c2ccccc2N1C1CCCCC1. The second kappa shape index (κ2) is 9.43. The number of aliphatic hydroxyl groups excluding tert-OH is 1. The van der Waals surface area contributed by atoms with Gasteiger partial charge in [-0.2, -0.15) is 0 Å². The summed E-state index contributed by atoms with van der Waals surface area (Å²) < 4.78 is 0. The second-order valence-corrected chi connectivity index (χ2v) is 10.5. The molecular formula is C26H34N2O2S. The molecule has 0 saturated heterocycles. The topological polar surface area (TPSA) is 43.8 Å². The molecule has 4 nitrogen and oxygen atoms in total. The van der Waals surface area contributed by atoms with E-state index in [1.54, 1.807) is 11.3 Å². The lowest BCUT2D eigenvalue weighted by atomic mass is 9.91. The summed E-state index contributed by atoms with van der Waals surface area (Å²) in [6.07, 6.45) is 11.6. The summed E-state index contributed by atoms with van der Waals surface area (Å²) in [6, 6.07) is 12.7. The number of nitrogens with zero attached hydrogens (tertiary/aromatic N) is 2. The van der Waals surface area contributed by atoms with Crippen molar-refractivity contribution in [2.45, 2.75) is 95.0 Å². The van der Waals surface area contributed by atoms with Gasteiger partial charge in [-0.1, -0.05) is 62.8 Å². The number of fused-ring (bicyclic) bond motifs is 1. The molecule has 2 aliphatic carbocycles. The quantitative estimate of drug-likeness (QED) is 0.592. The minimum Gasteiger partial charge on any atom is -0.378 e. The second-order valence-electron chi connectivity index (χ2n) is 9.46. The lowest BCUT2D eigenvalue weighted by molar-refractivity contribution is -0.133. The highest BCUT2D eigenvalue weighted by atomic mass is 32.1. The van der Waals surface area contributed by atoms with Crippen LogP contribution in [0.3, 0.4) is 0 Å². The molecule has 1 aromatic carbocycles. The lowest BCUT2D eigenvalue weighted by Gasteiger charge is -2.41. The summed E-state index contributed by atoms with van der Waals surface area (Å²) in [5.41, 5.74) is 2.17. The van der Waals surface area contributed by atoms with Crippen LogP contribution in [0, 0.1) is 0 Å². The van der Waals surface area contributed by atoms with Crippen LogP contribution in [-0.2, 0) is 11.2 Å². The predicted octanol–water partition coefficient (Wildman–Crippen LogP) is 5.66. The van der Waals surface area contributed by atoms with E-state index >= 15 is 0 Å². The van der Waals surface area contributed by atoms with E-state index < -0.39 is 6.23 Å². The Morgan fingerprint density at radius 1 is 0.968 bits per heavy atom. The Morgan fingerprint density at radius 2 is 1.68 bits per heavy atom. The molecule has 2 atom stereocenters. The molecule has 1 N–H and O–H groups in total. The maximum Gasteiger partial charge on any atom is 0.249 e. The first-order valence-corrected chi connectivity index (χ1v) is 13.0. The van der Waals surface area contributed by atoms with Crippen molar-refractivity contribution in [3.63, 3.8) is 0 Å². The molecule has 0 bridgehead atoms. The molecule has 2 aromatic rings. The van der Waals surface area contributed by atoms with E-state index in [1.165, 1.54) is 43.4 Å². The molecule has 2 unspecified atom stereocenters. The van der Waals surface area contributed by atoms with Gasteiger partial charge in [-0.3, -0.25) is 9.69 Å². The molecule has 31 heavy (non-hydrogen) atoms. The van der Waals surface area contributed by atoms with Gasteiger partial charge in [0.1, 0.15) is 12.3 Å². The van der Waals surface area contributed by atoms with Crippen LogP contribution >= 0.6 is 11.3 Å². The number of aliphatic hydroxyl groups is 1. The fourth-order valence-corrected chi connectivity index (χ4v) is 6.78. The number of benzene rings is 1. The Bertz CT molecular complexity index is 871. The third-order valence-electron chi connectivity index (χ3n) is 7.50. The van der Waals surface area contributed by atoms with Crippen molar-refractivity contribution in [2.75, 3.05) is 4.90 Å². The van der Waals surface area contributed by atoms with Gasteiger partial charge in [0.25, 0.3) is 0 Å². The smallest absolute Gasteiger partial charge is 0.249 e. The van der Waals surface area contributed by atoms with Crippen LogP contribution in [0.25, 0.3) is 0 Å². The highest BCUT2D eigenvalue weighted by Gasteiger charge is 2.47. The zero-order chi connectivity index (χ0) is 21.2. The molecule has 5 heteroatoms. The van der Waals surface area contributed by atoms with Crippen LogP contribution in [0.1, 0.15) is 80.7 Å². The first-order valence-electron chi connectivity index (χ1n) is 12.1. The molecule has 2 heterocycles. The Labute approximate surface area is 189 Å². The van der Waals surface area contributed by atoms with Crippen LogP contribution in [0.5, 0.6) is 0 Å². The van der Waals surface area contributed by atoms with E-state index in [0.29, 0.717) is 12.5 Å². The molecule has 0 radical (unpaired) electrons. The number of amides is 1. The molecule has 166 valence electrons. The van der Waals surface area contributed by atoms with Crippen LogP contribution in [0.15, 0.2) is 41.8 Å². The van der Waals surface area contributed by atoms with E-state index in [4.69, 9.17) is 0 Å². The lowest BCUT2D eigenvalue weighted by Crippen LogP contribution is -2.51. The van der Waals surface area contributed by atoms with Gasteiger partial charge in [0.2, 0.25) is 5.91 Å². The summed E-state index contributed by atoms with van der Waals surface area (Å²) >= 11 is 1.69. The number of hydrogen-bond donors (Lipinski definition) is 1. The van der Waals surface area contributed by atoms with E-state index in [1.807, 2.05) is 12.1 Å². The van der Waals surface area contributed by atoms with Crippen molar-refractivity contribution in [1.29, 1.82) is 0 Å². The molecule has 5 rings (SSSR count). The van der Waals surface area contributed by atoms with E-state index in [2.05, 4.69) is 39.4 Å². The average molecular weight is 439 g/mol. The number of hydrogen-bond acceptors (Lipinski definition) is 4. The van der Waals surface area contributed by atoms with Crippen molar-refractivity contribution in [3.8, 4) is 0 Å². The van der Waals surface area contributed by atoms with Gasteiger partial charge < -0.3 is 10.0 Å². The Balaban J connectivity index is 1.50. The molecule has 1 aromatic heterocycles.